The lowest BCUT2D eigenvalue weighted by Gasteiger charge is -2.12. The van der Waals surface area contributed by atoms with Crippen LogP contribution in [0.4, 0.5) is 0 Å². The molecule has 3 aromatic heterocycles. The van der Waals surface area contributed by atoms with E-state index in [0.717, 1.165) is 66.6 Å². The van der Waals surface area contributed by atoms with Crippen molar-refractivity contribution in [3.05, 3.63) is 152 Å². The third-order valence-electron chi connectivity index (χ3n) is 8.46. The largest absolute Gasteiger partial charge is 0.455 e. The Hall–Kier alpha value is -6.00. The molecule has 0 amide bonds. The fourth-order valence-electron chi connectivity index (χ4n) is 6.37. The lowest BCUT2D eigenvalue weighted by Crippen LogP contribution is -2.03. The molecule has 0 fully saturated rings. The lowest BCUT2D eigenvalue weighted by molar-refractivity contribution is 0.670. The molecule has 9 aromatic rings. The van der Waals surface area contributed by atoms with Crippen LogP contribution in [0.15, 0.2) is 156 Å². The molecule has 0 aliphatic heterocycles. The Morgan fingerprint density at radius 3 is 1.68 bits per heavy atom. The monoisotopic (exact) mass is 563 g/mol. The Kier molecular flexibility index (Phi) is 5.47. The number of nitrogens with zero attached hydrogens (tertiary/aromatic N) is 3. The van der Waals surface area contributed by atoms with Gasteiger partial charge in [0.05, 0.1) is 22.4 Å². The van der Waals surface area contributed by atoms with Gasteiger partial charge in [0.15, 0.2) is 0 Å². The third-order valence-corrected chi connectivity index (χ3v) is 8.46. The van der Waals surface area contributed by atoms with Gasteiger partial charge in [-0.25, -0.2) is 9.97 Å². The van der Waals surface area contributed by atoms with Crippen LogP contribution in [-0.4, -0.2) is 14.5 Å². The molecule has 44 heavy (non-hydrogen) atoms. The first-order valence-corrected chi connectivity index (χ1v) is 14.8. The van der Waals surface area contributed by atoms with E-state index >= 15 is 0 Å². The summed E-state index contributed by atoms with van der Waals surface area (Å²) in [6.45, 7) is 0. The number of fused-ring (bicyclic) bond motifs is 6. The second-order valence-electron chi connectivity index (χ2n) is 11.0. The molecular formula is C40H25N3O. The van der Waals surface area contributed by atoms with Gasteiger partial charge in [-0.15, -0.1) is 0 Å². The maximum atomic E-state index is 6.32. The number of hydrogen-bond donors (Lipinski definition) is 0. The zero-order valence-corrected chi connectivity index (χ0v) is 23.7. The summed E-state index contributed by atoms with van der Waals surface area (Å²) in [6.07, 6.45) is 0. The van der Waals surface area contributed by atoms with E-state index in [9.17, 15) is 0 Å². The molecule has 0 radical (unpaired) electrons. The van der Waals surface area contributed by atoms with Crippen LogP contribution < -0.4 is 0 Å². The number of aromatic nitrogens is 3. The van der Waals surface area contributed by atoms with Crippen LogP contribution in [0.25, 0.3) is 83.3 Å². The van der Waals surface area contributed by atoms with E-state index in [0.29, 0.717) is 5.95 Å². The molecule has 0 saturated heterocycles. The molecule has 4 nitrogen and oxygen atoms in total. The highest BCUT2D eigenvalue weighted by Gasteiger charge is 2.17. The van der Waals surface area contributed by atoms with Crippen LogP contribution in [0.1, 0.15) is 0 Å². The van der Waals surface area contributed by atoms with E-state index in [1.54, 1.807) is 0 Å². The normalized spacial score (nSPS) is 11.6. The molecule has 0 aliphatic carbocycles. The van der Waals surface area contributed by atoms with Gasteiger partial charge < -0.3 is 4.42 Å². The minimum atomic E-state index is 0.648. The van der Waals surface area contributed by atoms with Gasteiger partial charge in [0.2, 0.25) is 5.95 Å². The Balaban J connectivity index is 1.22. The van der Waals surface area contributed by atoms with Crippen molar-refractivity contribution in [1.82, 2.24) is 14.5 Å². The van der Waals surface area contributed by atoms with E-state index in [-0.39, 0.29) is 0 Å². The number of hydrogen-bond acceptors (Lipinski definition) is 3. The van der Waals surface area contributed by atoms with Crippen LogP contribution in [0.2, 0.25) is 0 Å². The average molecular weight is 564 g/mol. The SMILES string of the molecule is c1ccc(-c2cc(-c3ccc(-c4cccc5c4oc4ccccc45)cc3)nc(-n3c4ccccc4c4ccccc43)n2)cc1. The van der Waals surface area contributed by atoms with Crippen molar-refractivity contribution < 1.29 is 4.42 Å². The van der Waals surface area contributed by atoms with Crippen molar-refractivity contribution in [1.29, 1.82) is 0 Å². The van der Waals surface area contributed by atoms with Crippen molar-refractivity contribution in [2.24, 2.45) is 0 Å². The van der Waals surface area contributed by atoms with E-state index in [1.165, 1.54) is 10.8 Å². The second kappa shape index (κ2) is 9.79. The summed E-state index contributed by atoms with van der Waals surface area (Å²) in [4.78, 5) is 10.3. The standard InChI is InChI=1S/C40H25N3O/c1-2-11-27(12-3-1)34-25-35(42-40(41-34)43-36-18-7-4-13-30(36)31-14-5-8-19-37(31)43)28-23-21-26(22-24-28)29-16-10-17-33-32-15-6-9-20-38(32)44-39(29)33/h1-25H. The van der Waals surface area contributed by atoms with E-state index < -0.39 is 0 Å². The lowest BCUT2D eigenvalue weighted by atomic mass is 10.00. The molecule has 6 aromatic carbocycles. The predicted octanol–water partition coefficient (Wildman–Crippen LogP) is 10.5. The summed E-state index contributed by atoms with van der Waals surface area (Å²) in [6, 6.07) is 52.5. The van der Waals surface area contributed by atoms with Crippen LogP contribution >= 0.6 is 0 Å². The Labute approximate surface area is 253 Å². The molecule has 3 heterocycles. The zero-order chi connectivity index (χ0) is 29.0. The van der Waals surface area contributed by atoms with Crippen molar-refractivity contribution >= 4 is 43.7 Å². The summed E-state index contributed by atoms with van der Waals surface area (Å²) in [5, 5.41) is 4.62. The van der Waals surface area contributed by atoms with E-state index in [1.807, 2.05) is 30.3 Å². The van der Waals surface area contributed by atoms with Crippen LogP contribution in [-0.2, 0) is 0 Å². The van der Waals surface area contributed by atoms with Crippen molar-refractivity contribution in [3.63, 3.8) is 0 Å². The molecule has 0 spiro atoms. The molecule has 0 unspecified atom stereocenters. The molecule has 0 atom stereocenters. The van der Waals surface area contributed by atoms with Crippen molar-refractivity contribution in [2.45, 2.75) is 0 Å². The number of rotatable bonds is 4. The maximum absolute atomic E-state index is 6.32. The van der Waals surface area contributed by atoms with Gasteiger partial charge in [-0.3, -0.25) is 4.57 Å². The summed E-state index contributed by atoms with van der Waals surface area (Å²) < 4.78 is 8.50. The third kappa shape index (κ3) is 3.85. The number of benzene rings is 6. The maximum Gasteiger partial charge on any atom is 0.235 e. The van der Waals surface area contributed by atoms with Crippen LogP contribution in [0, 0.1) is 0 Å². The minimum Gasteiger partial charge on any atom is -0.455 e. The Bertz CT molecular complexity index is 2430. The highest BCUT2D eigenvalue weighted by molar-refractivity contribution is 6.10. The van der Waals surface area contributed by atoms with Crippen molar-refractivity contribution in [2.75, 3.05) is 0 Å². The Morgan fingerprint density at radius 1 is 0.432 bits per heavy atom. The number of para-hydroxylation sites is 4. The second-order valence-corrected chi connectivity index (χ2v) is 11.0. The van der Waals surface area contributed by atoms with Gasteiger partial charge in [0.25, 0.3) is 0 Å². The van der Waals surface area contributed by atoms with Gasteiger partial charge in [-0.05, 0) is 29.8 Å². The van der Waals surface area contributed by atoms with Crippen LogP contribution in [0.5, 0.6) is 0 Å². The van der Waals surface area contributed by atoms with Gasteiger partial charge >= 0.3 is 0 Å². The van der Waals surface area contributed by atoms with Gasteiger partial charge in [0, 0.05) is 38.2 Å². The summed E-state index contributed by atoms with van der Waals surface area (Å²) in [7, 11) is 0. The van der Waals surface area contributed by atoms with Gasteiger partial charge in [-0.1, -0.05) is 127 Å². The smallest absolute Gasteiger partial charge is 0.235 e. The Morgan fingerprint density at radius 2 is 0.977 bits per heavy atom. The highest BCUT2D eigenvalue weighted by atomic mass is 16.3. The highest BCUT2D eigenvalue weighted by Crippen LogP contribution is 2.37. The minimum absolute atomic E-state index is 0.648. The molecule has 0 saturated carbocycles. The summed E-state index contributed by atoms with van der Waals surface area (Å²) in [5.74, 6) is 0.648. The molecule has 206 valence electrons. The fraction of sp³-hybridized carbons (Fsp3) is 0. The molecule has 4 heteroatoms. The topological polar surface area (TPSA) is 43.9 Å². The van der Waals surface area contributed by atoms with E-state index in [2.05, 4.69) is 126 Å². The van der Waals surface area contributed by atoms with Crippen molar-refractivity contribution in [3.8, 4) is 39.6 Å². The molecule has 9 rings (SSSR count). The van der Waals surface area contributed by atoms with Crippen LogP contribution in [0.3, 0.4) is 0 Å². The molecular weight excluding hydrogens is 538 g/mol. The summed E-state index contributed by atoms with van der Waals surface area (Å²) in [5.41, 5.74) is 9.95. The molecule has 0 bridgehead atoms. The summed E-state index contributed by atoms with van der Waals surface area (Å²) >= 11 is 0. The van der Waals surface area contributed by atoms with Gasteiger partial charge in [0.1, 0.15) is 11.2 Å². The average Bonchev–Trinajstić information content (AvgIpc) is 3.65. The first kappa shape index (κ1) is 24.6. The van der Waals surface area contributed by atoms with Gasteiger partial charge in [-0.2, -0.15) is 0 Å². The predicted molar refractivity (Wildman–Crippen MR) is 180 cm³/mol. The first-order valence-electron chi connectivity index (χ1n) is 14.8. The first-order chi connectivity index (χ1) is 21.8. The molecule has 0 N–H and O–H groups in total. The fourth-order valence-corrected chi connectivity index (χ4v) is 6.37. The number of furan rings is 1. The molecule has 0 aliphatic rings. The van der Waals surface area contributed by atoms with E-state index in [4.69, 9.17) is 14.4 Å². The zero-order valence-electron chi connectivity index (χ0n) is 23.7. The quantitative estimate of drug-likeness (QED) is 0.214.